The van der Waals surface area contributed by atoms with Crippen LogP contribution in [0.4, 0.5) is 0 Å². The average Bonchev–Trinajstić information content (AvgIpc) is 3.70. The fourth-order valence-electron chi connectivity index (χ4n) is 9.01. The van der Waals surface area contributed by atoms with Crippen LogP contribution in [0.15, 0.2) is 174 Å². The van der Waals surface area contributed by atoms with Gasteiger partial charge >= 0.3 is 0 Å². The van der Waals surface area contributed by atoms with Crippen molar-refractivity contribution in [1.29, 1.82) is 0 Å². The molecule has 67 heavy (non-hydrogen) atoms. The number of nitrogens with zero attached hydrogens (tertiary/aromatic N) is 2. The molecule has 0 aliphatic heterocycles. The third kappa shape index (κ3) is 9.04. The van der Waals surface area contributed by atoms with E-state index in [2.05, 4.69) is 200 Å². The average molecular weight is 1050 g/mol. The van der Waals surface area contributed by atoms with Gasteiger partial charge in [-0.05, 0) is 93.5 Å². The standard InChI is InChI=1S/C62H53N2O2.Pt/c1-38-16-12-19-41(28-38)42-26-27-54(58(65)36-42)57-34-46(45-31-48(61(3,4)5)37-49(32-45)62(6,7)8)33-56(64-57)44-21-13-20-43(30-44)55-35-47(29-39(2)63-55)51-23-15-25-53-52-24-14-22-50(59(52)66-60(51)53)40-17-10-9-11-18-40;/h9-29,31-37,65H,1-8H3;/q-1;. The number of aromatic nitrogens is 2. The molecule has 7 aromatic carbocycles. The molecule has 10 aromatic rings. The van der Waals surface area contributed by atoms with E-state index in [9.17, 15) is 5.11 Å². The van der Waals surface area contributed by atoms with E-state index in [-0.39, 0.29) is 37.6 Å². The van der Waals surface area contributed by atoms with Crippen LogP contribution in [0.5, 0.6) is 5.75 Å². The van der Waals surface area contributed by atoms with Gasteiger partial charge in [-0.25, -0.2) is 0 Å². The molecule has 3 heterocycles. The summed E-state index contributed by atoms with van der Waals surface area (Å²) in [6.45, 7) is 17.7. The molecule has 0 unspecified atom stereocenters. The molecule has 0 fully saturated rings. The number of aryl methyl sites for hydroxylation is 2. The Hall–Kier alpha value is -6.87. The molecule has 0 amide bonds. The first-order chi connectivity index (χ1) is 31.7. The zero-order chi connectivity index (χ0) is 45.9. The summed E-state index contributed by atoms with van der Waals surface area (Å²) >= 11 is 0. The monoisotopic (exact) mass is 1050 g/mol. The topological polar surface area (TPSA) is 59.2 Å². The minimum absolute atomic E-state index is 0. The first-order valence-corrected chi connectivity index (χ1v) is 22.8. The van der Waals surface area contributed by atoms with Gasteiger partial charge in [0.15, 0.2) is 0 Å². The van der Waals surface area contributed by atoms with Gasteiger partial charge in [0.2, 0.25) is 0 Å². The Morgan fingerprint density at radius 3 is 1.60 bits per heavy atom. The van der Waals surface area contributed by atoms with Crippen LogP contribution in [-0.2, 0) is 31.9 Å². The summed E-state index contributed by atoms with van der Waals surface area (Å²) in [5.41, 5.74) is 19.1. The van der Waals surface area contributed by atoms with E-state index >= 15 is 0 Å². The number of phenolic OH excluding ortho intramolecular Hbond substituents is 1. The van der Waals surface area contributed by atoms with Crippen molar-refractivity contribution in [3.05, 3.63) is 198 Å². The number of furan rings is 1. The van der Waals surface area contributed by atoms with Gasteiger partial charge in [0.25, 0.3) is 0 Å². The molecule has 10 rings (SSSR count). The van der Waals surface area contributed by atoms with E-state index < -0.39 is 0 Å². The van der Waals surface area contributed by atoms with Crippen LogP contribution in [0.2, 0.25) is 0 Å². The van der Waals surface area contributed by atoms with Crippen molar-refractivity contribution in [3.8, 4) is 84.0 Å². The molecule has 0 atom stereocenters. The quantitative estimate of drug-likeness (QED) is 0.162. The predicted molar refractivity (Wildman–Crippen MR) is 275 cm³/mol. The van der Waals surface area contributed by atoms with Crippen LogP contribution in [0.25, 0.3) is 100 Å². The molecule has 3 aromatic heterocycles. The second-order valence-electron chi connectivity index (χ2n) is 19.7. The fourth-order valence-corrected chi connectivity index (χ4v) is 9.01. The third-order valence-electron chi connectivity index (χ3n) is 12.7. The molecule has 0 bridgehead atoms. The second kappa shape index (κ2) is 17.7. The molecular formula is C62H53N2O2Pt-. The maximum atomic E-state index is 11.7. The molecule has 0 saturated carbocycles. The van der Waals surface area contributed by atoms with Crippen LogP contribution in [-0.4, -0.2) is 15.1 Å². The molecule has 4 nitrogen and oxygen atoms in total. The number of hydrogen-bond acceptors (Lipinski definition) is 4. The van der Waals surface area contributed by atoms with Gasteiger partial charge < -0.3 is 9.52 Å². The van der Waals surface area contributed by atoms with E-state index in [1.54, 1.807) is 0 Å². The fraction of sp³-hybridized carbons (Fsp3) is 0.161. The Balaban J connectivity index is 0.00000562. The van der Waals surface area contributed by atoms with Gasteiger partial charge in [0.1, 0.15) is 16.9 Å². The smallest absolute Gasteiger partial charge is 0.143 e. The molecule has 0 radical (unpaired) electrons. The number of rotatable bonds is 7. The molecule has 1 N–H and O–H groups in total. The molecule has 5 heteroatoms. The maximum absolute atomic E-state index is 11.7. The van der Waals surface area contributed by atoms with E-state index in [4.69, 9.17) is 14.4 Å². The minimum Gasteiger partial charge on any atom is -0.507 e. The zero-order valence-corrected chi connectivity index (χ0v) is 41.5. The van der Waals surface area contributed by atoms with Crippen molar-refractivity contribution in [1.82, 2.24) is 9.97 Å². The van der Waals surface area contributed by atoms with E-state index in [0.29, 0.717) is 11.3 Å². The first kappa shape index (κ1) is 45.3. The largest absolute Gasteiger partial charge is 0.507 e. The Kier molecular flexibility index (Phi) is 12.0. The molecular weight excluding hydrogens is 1000 g/mol. The predicted octanol–water partition coefficient (Wildman–Crippen LogP) is 16.8. The molecule has 0 aliphatic rings. The maximum Gasteiger partial charge on any atom is 0.143 e. The number of para-hydroxylation sites is 2. The third-order valence-corrected chi connectivity index (χ3v) is 12.7. The van der Waals surface area contributed by atoms with Gasteiger partial charge in [-0.1, -0.05) is 186 Å². The molecule has 0 spiro atoms. The van der Waals surface area contributed by atoms with Crippen molar-refractivity contribution >= 4 is 21.9 Å². The summed E-state index contributed by atoms with van der Waals surface area (Å²) in [5, 5.41) is 13.9. The van der Waals surface area contributed by atoms with Gasteiger partial charge in [0.05, 0.1) is 5.69 Å². The number of fused-ring (bicyclic) bond motifs is 3. The van der Waals surface area contributed by atoms with Crippen LogP contribution in [0.1, 0.15) is 63.9 Å². The van der Waals surface area contributed by atoms with Gasteiger partial charge in [-0.2, -0.15) is 0 Å². The first-order valence-electron chi connectivity index (χ1n) is 22.8. The Morgan fingerprint density at radius 2 is 0.970 bits per heavy atom. The summed E-state index contributed by atoms with van der Waals surface area (Å²) in [4.78, 5) is 10.4. The minimum atomic E-state index is -0.0680. The summed E-state index contributed by atoms with van der Waals surface area (Å²) < 4.78 is 6.82. The van der Waals surface area contributed by atoms with E-state index in [0.717, 1.165) is 94.7 Å². The Morgan fingerprint density at radius 1 is 0.433 bits per heavy atom. The number of hydrogen-bond donors (Lipinski definition) is 1. The van der Waals surface area contributed by atoms with Gasteiger partial charge in [-0.15, -0.1) is 24.3 Å². The number of pyridine rings is 2. The van der Waals surface area contributed by atoms with Crippen molar-refractivity contribution in [2.75, 3.05) is 0 Å². The van der Waals surface area contributed by atoms with E-state index in [1.165, 1.54) is 16.7 Å². The van der Waals surface area contributed by atoms with Crippen LogP contribution >= 0.6 is 0 Å². The number of aromatic hydroxyl groups is 1. The second-order valence-corrected chi connectivity index (χ2v) is 19.7. The van der Waals surface area contributed by atoms with Crippen molar-refractivity contribution in [3.63, 3.8) is 0 Å². The summed E-state index contributed by atoms with van der Waals surface area (Å²) in [6.07, 6.45) is 0. The number of phenols is 1. The van der Waals surface area contributed by atoms with Gasteiger partial charge in [-0.3, -0.25) is 9.97 Å². The van der Waals surface area contributed by atoms with E-state index in [1.807, 2.05) is 31.2 Å². The van der Waals surface area contributed by atoms with Crippen molar-refractivity contribution < 1.29 is 30.6 Å². The van der Waals surface area contributed by atoms with Crippen LogP contribution in [0, 0.1) is 19.9 Å². The SMILES string of the molecule is Cc1cccc(-c2ccc(-c3cc(-c4cc(C(C)(C)C)cc(C(C)(C)C)c4)cc(-c4[c-]c(-c5cc(-c6cccc7c6oc6c(-c8ccccc8)cccc67)cc(C)n5)ccc4)n3)c(O)c2)c1.[Pt]. The summed E-state index contributed by atoms with van der Waals surface area (Å²) in [6, 6.07) is 62.8. The summed E-state index contributed by atoms with van der Waals surface area (Å²) in [5.74, 6) is 0.174. The summed E-state index contributed by atoms with van der Waals surface area (Å²) in [7, 11) is 0. The molecule has 0 aliphatic carbocycles. The van der Waals surface area contributed by atoms with Crippen LogP contribution < -0.4 is 0 Å². The van der Waals surface area contributed by atoms with Gasteiger partial charge in [0, 0.05) is 65.6 Å². The normalized spacial score (nSPS) is 11.8. The Labute approximate surface area is 408 Å². The number of benzene rings is 7. The molecule has 0 saturated heterocycles. The van der Waals surface area contributed by atoms with Crippen molar-refractivity contribution in [2.24, 2.45) is 0 Å². The molecule has 334 valence electrons. The Bertz CT molecular complexity index is 3450. The van der Waals surface area contributed by atoms with Crippen molar-refractivity contribution in [2.45, 2.75) is 66.2 Å². The zero-order valence-electron chi connectivity index (χ0n) is 39.2. The van der Waals surface area contributed by atoms with Crippen LogP contribution in [0.3, 0.4) is 0 Å².